The number of nitrogens with one attached hydrogen (secondary N) is 2. The molecule has 7 nitrogen and oxygen atoms in total. The number of fused-ring (bicyclic) bond motifs is 1. The van der Waals surface area contributed by atoms with Gasteiger partial charge in [0.2, 0.25) is 0 Å². The van der Waals surface area contributed by atoms with Crippen molar-refractivity contribution < 1.29 is 9.59 Å². The number of hydrogen-bond donors (Lipinski definition) is 3. The van der Waals surface area contributed by atoms with Crippen LogP contribution in [0, 0.1) is 0 Å². The number of nitrogens with zero attached hydrogens (tertiary/aromatic N) is 2. The molecule has 21 heavy (non-hydrogen) atoms. The monoisotopic (exact) mass is 283 g/mol. The van der Waals surface area contributed by atoms with E-state index in [2.05, 4.69) is 20.6 Å². The van der Waals surface area contributed by atoms with E-state index in [0.717, 1.165) is 0 Å². The van der Waals surface area contributed by atoms with E-state index in [1.807, 2.05) is 6.92 Å². The number of imide groups is 1. The van der Waals surface area contributed by atoms with Gasteiger partial charge in [-0.15, -0.1) is 0 Å². The van der Waals surface area contributed by atoms with Gasteiger partial charge in [0.05, 0.1) is 11.1 Å². The van der Waals surface area contributed by atoms with Crippen LogP contribution in [0.2, 0.25) is 0 Å². The lowest BCUT2D eigenvalue weighted by Crippen LogP contribution is -2.19. The number of hydrogen-bond acceptors (Lipinski definition) is 6. The van der Waals surface area contributed by atoms with Gasteiger partial charge >= 0.3 is 0 Å². The van der Waals surface area contributed by atoms with Gasteiger partial charge in [-0.1, -0.05) is 6.92 Å². The van der Waals surface area contributed by atoms with Crippen molar-refractivity contribution in [3.8, 4) is 0 Å². The van der Waals surface area contributed by atoms with Crippen molar-refractivity contribution >= 4 is 29.1 Å². The Hall–Kier alpha value is -2.96. The molecule has 0 atom stereocenters. The first-order chi connectivity index (χ1) is 10.1. The molecule has 0 unspecified atom stereocenters. The Bertz CT molecular complexity index is 757. The van der Waals surface area contributed by atoms with Crippen LogP contribution in [-0.4, -0.2) is 21.8 Å². The van der Waals surface area contributed by atoms with Crippen molar-refractivity contribution in [3.05, 3.63) is 41.2 Å². The number of aryl methyl sites for hydroxylation is 1. The van der Waals surface area contributed by atoms with E-state index in [1.165, 1.54) is 0 Å². The van der Waals surface area contributed by atoms with Gasteiger partial charge in [-0.3, -0.25) is 14.9 Å². The average molecular weight is 283 g/mol. The molecule has 2 aromatic rings. The largest absolute Gasteiger partial charge is 0.384 e. The smallest absolute Gasteiger partial charge is 0.259 e. The topological polar surface area (TPSA) is 110 Å². The Morgan fingerprint density at radius 2 is 1.90 bits per heavy atom. The minimum Gasteiger partial charge on any atom is -0.384 e. The summed E-state index contributed by atoms with van der Waals surface area (Å²) in [6.07, 6.45) is 0.667. The molecule has 3 rings (SSSR count). The second kappa shape index (κ2) is 4.86. The van der Waals surface area contributed by atoms with Gasteiger partial charge in [-0.25, -0.2) is 9.97 Å². The molecular weight excluding hydrogens is 270 g/mol. The number of rotatable bonds is 3. The van der Waals surface area contributed by atoms with Crippen LogP contribution in [0.25, 0.3) is 0 Å². The van der Waals surface area contributed by atoms with Crippen LogP contribution in [0.1, 0.15) is 33.5 Å². The number of nitrogens with two attached hydrogens (primary N) is 1. The lowest BCUT2D eigenvalue weighted by Gasteiger charge is -2.08. The molecule has 0 aliphatic carbocycles. The molecule has 106 valence electrons. The van der Waals surface area contributed by atoms with E-state index >= 15 is 0 Å². The SMILES string of the molecule is CCc1nc(N)cc(Nc2ccc3c(c2)C(=O)NC3=O)n1. The fourth-order valence-electron chi connectivity index (χ4n) is 2.13. The van der Waals surface area contributed by atoms with E-state index in [9.17, 15) is 9.59 Å². The first kappa shape index (κ1) is 13.0. The summed E-state index contributed by atoms with van der Waals surface area (Å²) in [6, 6.07) is 6.53. The normalized spacial score (nSPS) is 13.0. The average Bonchev–Trinajstić information content (AvgIpc) is 2.73. The minimum absolute atomic E-state index is 0.350. The van der Waals surface area contributed by atoms with E-state index in [1.54, 1.807) is 24.3 Å². The minimum atomic E-state index is -0.393. The summed E-state index contributed by atoms with van der Waals surface area (Å²) >= 11 is 0. The summed E-state index contributed by atoms with van der Waals surface area (Å²) in [5.41, 5.74) is 7.10. The molecule has 0 radical (unpaired) electrons. The van der Waals surface area contributed by atoms with Gasteiger partial charge in [0, 0.05) is 18.2 Å². The molecule has 4 N–H and O–H groups in total. The van der Waals surface area contributed by atoms with Crippen LogP contribution in [0.3, 0.4) is 0 Å². The molecule has 0 fully saturated rings. The fourth-order valence-corrected chi connectivity index (χ4v) is 2.13. The maximum atomic E-state index is 11.6. The third-order valence-corrected chi connectivity index (χ3v) is 3.12. The Labute approximate surface area is 120 Å². The van der Waals surface area contributed by atoms with Gasteiger partial charge in [0.1, 0.15) is 17.5 Å². The van der Waals surface area contributed by atoms with E-state index < -0.39 is 5.91 Å². The zero-order valence-corrected chi connectivity index (χ0v) is 11.3. The predicted molar refractivity (Wildman–Crippen MR) is 77.3 cm³/mol. The summed E-state index contributed by atoms with van der Waals surface area (Å²) in [5, 5.41) is 5.31. The summed E-state index contributed by atoms with van der Waals surface area (Å²) in [5.74, 6) is 0.783. The highest BCUT2D eigenvalue weighted by molar-refractivity contribution is 6.21. The van der Waals surface area contributed by atoms with Crippen molar-refractivity contribution in [2.75, 3.05) is 11.1 Å². The zero-order valence-electron chi connectivity index (χ0n) is 11.3. The van der Waals surface area contributed by atoms with Gasteiger partial charge in [-0.05, 0) is 18.2 Å². The number of carbonyl (C=O) groups excluding carboxylic acids is 2. The molecular formula is C14H13N5O2. The summed E-state index contributed by atoms with van der Waals surface area (Å²) < 4.78 is 0. The van der Waals surface area contributed by atoms with Crippen molar-refractivity contribution in [2.45, 2.75) is 13.3 Å². The number of nitrogen functional groups attached to an aromatic ring is 1. The standard InChI is InChI=1S/C14H13N5O2/c1-2-11-17-10(15)6-12(18-11)16-7-3-4-8-9(5-7)14(21)19-13(8)20/h3-6H,2H2,1H3,(H,19,20,21)(H3,15,16,17,18). The fraction of sp³-hybridized carbons (Fsp3) is 0.143. The molecule has 2 heterocycles. The Balaban J connectivity index is 1.93. The molecule has 1 aromatic carbocycles. The van der Waals surface area contributed by atoms with Gasteiger partial charge in [0.15, 0.2) is 0 Å². The van der Waals surface area contributed by atoms with Crippen LogP contribution in [0.15, 0.2) is 24.3 Å². The van der Waals surface area contributed by atoms with Crippen LogP contribution in [-0.2, 0) is 6.42 Å². The number of amides is 2. The number of carbonyl (C=O) groups is 2. The maximum Gasteiger partial charge on any atom is 0.259 e. The van der Waals surface area contributed by atoms with Crippen molar-refractivity contribution in [3.63, 3.8) is 0 Å². The molecule has 1 aliphatic heterocycles. The Morgan fingerprint density at radius 1 is 1.14 bits per heavy atom. The second-order valence-corrected chi connectivity index (χ2v) is 4.62. The lowest BCUT2D eigenvalue weighted by molar-refractivity contribution is 0.0879. The molecule has 0 saturated carbocycles. The first-order valence-electron chi connectivity index (χ1n) is 6.47. The highest BCUT2D eigenvalue weighted by Gasteiger charge is 2.26. The summed E-state index contributed by atoms with van der Waals surface area (Å²) in [7, 11) is 0. The zero-order chi connectivity index (χ0) is 15.0. The van der Waals surface area contributed by atoms with Crippen molar-refractivity contribution in [1.82, 2.24) is 15.3 Å². The molecule has 7 heteroatoms. The van der Waals surface area contributed by atoms with Crippen LogP contribution in [0.4, 0.5) is 17.3 Å². The quantitative estimate of drug-likeness (QED) is 0.731. The van der Waals surface area contributed by atoms with Crippen LogP contribution in [0.5, 0.6) is 0 Å². The van der Waals surface area contributed by atoms with Gasteiger partial charge in [0.25, 0.3) is 11.8 Å². The Morgan fingerprint density at radius 3 is 2.67 bits per heavy atom. The lowest BCUT2D eigenvalue weighted by atomic mass is 10.1. The molecule has 0 saturated heterocycles. The van der Waals surface area contributed by atoms with Crippen LogP contribution >= 0.6 is 0 Å². The molecule has 0 spiro atoms. The highest BCUT2D eigenvalue weighted by atomic mass is 16.2. The summed E-state index contributed by atoms with van der Waals surface area (Å²) in [6.45, 7) is 1.93. The third kappa shape index (κ3) is 2.40. The second-order valence-electron chi connectivity index (χ2n) is 4.62. The van der Waals surface area contributed by atoms with Gasteiger partial charge < -0.3 is 11.1 Å². The third-order valence-electron chi connectivity index (χ3n) is 3.12. The summed E-state index contributed by atoms with van der Waals surface area (Å²) in [4.78, 5) is 31.5. The van der Waals surface area contributed by atoms with Crippen molar-refractivity contribution in [2.24, 2.45) is 0 Å². The number of anilines is 3. The molecule has 0 bridgehead atoms. The molecule has 1 aromatic heterocycles. The van der Waals surface area contributed by atoms with E-state index in [0.29, 0.717) is 40.7 Å². The van der Waals surface area contributed by atoms with E-state index in [-0.39, 0.29) is 5.91 Å². The predicted octanol–water partition coefficient (Wildman–Crippen LogP) is 1.25. The highest BCUT2D eigenvalue weighted by Crippen LogP contribution is 2.23. The molecule has 2 amide bonds. The number of aromatic nitrogens is 2. The van der Waals surface area contributed by atoms with Gasteiger partial charge in [-0.2, -0.15) is 0 Å². The van der Waals surface area contributed by atoms with E-state index in [4.69, 9.17) is 5.73 Å². The number of benzene rings is 1. The van der Waals surface area contributed by atoms with Crippen LogP contribution < -0.4 is 16.4 Å². The first-order valence-corrected chi connectivity index (χ1v) is 6.47. The Kier molecular flexibility index (Phi) is 3.02. The van der Waals surface area contributed by atoms with Crippen molar-refractivity contribution in [1.29, 1.82) is 0 Å². The molecule has 1 aliphatic rings. The maximum absolute atomic E-state index is 11.6.